The van der Waals surface area contributed by atoms with Crippen molar-refractivity contribution in [2.24, 2.45) is 5.84 Å². The quantitative estimate of drug-likeness (QED) is 0.381. The van der Waals surface area contributed by atoms with Gasteiger partial charge in [-0.1, -0.05) is 13.3 Å². The van der Waals surface area contributed by atoms with Crippen molar-refractivity contribution in [2.75, 3.05) is 12.0 Å². The van der Waals surface area contributed by atoms with Gasteiger partial charge in [0.1, 0.15) is 0 Å². The number of nitrogens with zero attached hydrogens (tertiary/aromatic N) is 1. The van der Waals surface area contributed by atoms with Crippen molar-refractivity contribution in [3.05, 3.63) is 24.0 Å². The number of nitrogens with two attached hydrogens (primary N) is 1. The molecular formula is C10H16N4O. The summed E-state index contributed by atoms with van der Waals surface area (Å²) in [4.78, 5) is 15.5. The zero-order valence-corrected chi connectivity index (χ0v) is 8.79. The number of anilines is 1. The predicted octanol–water partition coefficient (Wildman–Crippen LogP) is 0.897. The average Bonchev–Trinajstić information content (AvgIpc) is 2.29. The van der Waals surface area contributed by atoms with E-state index >= 15 is 0 Å². The van der Waals surface area contributed by atoms with Gasteiger partial charge in [0, 0.05) is 12.7 Å². The van der Waals surface area contributed by atoms with E-state index in [1.54, 1.807) is 12.3 Å². The lowest BCUT2D eigenvalue weighted by molar-refractivity contribution is 0.0954. The molecule has 5 nitrogen and oxygen atoms in total. The lowest BCUT2D eigenvalue weighted by Gasteiger charge is -2.08. The second kappa shape index (κ2) is 5.98. The van der Waals surface area contributed by atoms with Crippen LogP contribution in [0.3, 0.4) is 0 Å². The highest BCUT2D eigenvalue weighted by molar-refractivity contribution is 5.99. The SMILES string of the molecule is CCCCNC(=O)c1ccncc1NN. The fourth-order valence-electron chi connectivity index (χ4n) is 1.18. The molecule has 0 aliphatic rings. The maximum atomic E-state index is 11.7. The van der Waals surface area contributed by atoms with E-state index in [-0.39, 0.29) is 5.91 Å². The molecule has 0 saturated carbocycles. The van der Waals surface area contributed by atoms with Gasteiger partial charge in [0.15, 0.2) is 0 Å². The zero-order valence-electron chi connectivity index (χ0n) is 8.79. The Bertz CT molecular complexity index is 327. The van der Waals surface area contributed by atoms with E-state index in [4.69, 9.17) is 5.84 Å². The number of unbranched alkanes of at least 4 members (excludes halogenated alkanes) is 1. The molecule has 0 fully saturated rings. The van der Waals surface area contributed by atoms with Gasteiger partial charge in [0.05, 0.1) is 17.4 Å². The molecule has 82 valence electrons. The van der Waals surface area contributed by atoms with Crippen molar-refractivity contribution in [3.63, 3.8) is 0 Å². The Labute approximate surface area is 89.0 Å². The fraction of sp³-hybridized carbons (Fsp3) is 0.400. The third-order valence-electron chi connectivity index (χ3n) is 2.04. The minimum atomic E-state index is -0.126. The maximum Gasteiger partial charge on any atom is 0.253 e. The molecule has 0 aromatic carbocycles. The number of aromatic nitrogens is 1. The van der Waals surface area contributed by atoms with Crippen molar-refractivity contribution in [2.45, 2.75) is 19.8 Å². The summed E-state index contributed by atoms with van der Waals surface area (Å²) in [5.41, 5.74) is 3.49. The number of carbonyl (C=O) groups excluding carboxylic acids is 1. The number of hydrazine groups is 1. The molecule has 1 amide bonds. The van der Waals surface area contributed by atoms with Gasteiger partial charge in [-0.05, 0) is 12.5 Å². The molecule has 5 heteroatoms. The molecular weight excluding hydrogens is 192 g/mol. The molecule has 1 aromatic heterocycles. The number of hydrogen-bond donors (Lipinski definition) is 3. The molecule has 15 heavy (non-hydrogen) atoms. The molecule has 0 aliphatic heterocycles. The number of nitrogen functional groups attached to an aromatic ring is 1. The Balaban J connectivity index is 2.64. The van der Waals surface area contributed by atoms with Gasteiger partial charge in [-0.3, -0.25) is 15.6 Å². The summed E-state index contributed by atoms with van der Waals surface area (Å²) in [7, 11) is 0. The van der Waals surface area contributed by atoms with Gasteiger partial charge in [-0.25, -0.2) is 0 Å². The number of rotatable bonds is 5. The van der Waals surface area contributed by atoms with Gasteiger partial charge in [0.2, 0.25) is 0 Å². The van der Waals surface area contributed by atoms with Crippen LogP contribution in [0.2, 0.25) is 0 Å². The Morgan fingerprint density at radius 2 is 2.40 bits per heavy atom. The minimum absolute atomic E-state index is 0.126. The topological polar surface area (TPSA) is 80.0 Å². The highest BCUT2D eigenvalue weighted by Gasteiger charge is 2.09. The maximum absolute atomic E-state index is 11.7. The molecule has 1 aromatic rings. The standard InChI is InChI=1S/C10H16N4O/c1-2-3-5-13-10(15)8-4-6-12-7-9(8)14-11/h4,6-7,14H,2-3,5,11H2,1H3,(H,13,15). The van der Waals surface area contributed by atoms with Crippen molar-refractivity contribution in [3.8, 4) is 0 Å². The Kier molecular flexibility index (Phi) is 4.56. The lowest BCUT2D eigenvalue weighted by atomic mass is 10.2. The van der Waals surface area contributed by atoms with Gasteiger partial charge in [-0.2, -0.15) is 0 Å². The van der Waals surface area contributed by atoms with E-state index in [0.717, 1.165) is 12.8 Å². The average molecular weight is 208 g/mol. The minimum Gasteiger partial charge on any atom is -0.352 e. The monoisotopic (exact) mass is 208 g/mol. The van der Waals surface area contributed by atoms with E-state index in [2.05, 4.69) is 22.7 Å². The van der Waals surface area contributed by atoms with Crippen LogP contribution in [-0.4, -0.2) is 17.4 Å². The Hall–Kier alpha value is -1.62. The second-order valence-electron chi connectivity index (χ2n) is 3.18. The summed E-state index contributed by atoms with van der Waals surface area (Å²) in [5.74, 6) is 5.15. The third kappa shape index (κ3) is 3.21. The van der Waals surface area contributed by atoms with Crippen LogP contribution in [0, 0.1) is 0 Å². The molecule has 0 atom stereocenters. The van der Waals surface area contributed by atoms with Gasteiger partial charge in [0.25, 0.3) is 5.91 Å². The van der Waals surface area contributed by atoms with Crippen LogP contribution in [0.25, 0.3) is 0 Å². The van der Waals surface area contributed by atoms with Crippen LogP contribution in [0.1, 0.15) is 30.1 Å². The summed E-state index contributed by atoms with van der Waals surface area (Å²) in [5, 5.41) is 2.81. The molecule has 0 spiro atoms. The first kappa shape index (κ1) is 11.5. The first-order chi connectivity index (χ1) is 7.29. The molecule has 0 radical (unpaired) electrons. The summed E-state index contributed by atoms with van der Waals surface area (Å²) in [6.45, 7) is 2.76. The van der Waals surface area contributed by atoms with E-state index in [1.165, 1.54) is 6.20 Å². The van der Waals surface area contributed by atoms with Crippen LogP contribution in [-0.2, 0) is 0 Å². The van der Waals surface area contributed by atoms with Crippen LogP contribution in [0.5, 0.6) is 0 Å². The molecule has 0 bridgehead atoms. The Morgan fingerprint density at radius 3 is 3.07 bits per heavy atom. The number of amides is 1. The van der Waals surface area contributed by atoms with Crippen LogP contribution in [0.4, 0.5) is 5.69 Å². The zero-order chi connectivity index (χ0) is 11.1. The largest absolute Gasteiger partial charge is 0.352 e. The number of nitrogens with one attached hydrogen (secondary N) is 2. The molecule has 0 aliphatic carbocycles. The van der Waals surface area contributed by atoms with Crippen LogP contribution < -0.4 is 16.6 Å². The van der Waals surface area contributed by atoms with Gasteiger partial charge in [-0.15, -0.1) is 0 Å². The molecule has 0 unspecified atom stereocenters. The van der Waals surface area contributed by atoms with E-state index in [9.17, 15) is 4.79 Å². The lowest BCUT2D eigenvalue weighted by Crippen LogP contribution is -2.26. The van der Waals surface area contributed by atoms with Gasteiger partial charge >= 0.3 is 0 Å². The molecule has 0 saturated heterocycles. The summed E-state index contributed by atoms with van der Waals surface area (Å²) < 4.78 is 0. The number of pyridine rings is 1. The van der Waals surface area contributed by atoms with Crippen molar-refractivity contribution in [1.29, 1.82) is 0 Å². The molecule has 1 rings (SSSR count). The van der Waals surface area contributed by atoms with Gasteiger partial charge < -0.3 is 10.7 Å². The summed E-state index contributed by atoms with van der Waals surface area (Å²) in [6, 6.07) is 1.64. The first-order valence-corrected chi connectivity index (χ1v) is 4.98. The predicted molar refractivity (Wildman–Crippen MR) is 59.3 cm³/mol. The number of hydrogen-bond acceptors (Lipinski definition) is 4. The van der Waals surface area contributed by atoms with Crippen LogP contribution in [0.15, 0.2) is 18.5 Å². The number of carbonyl (C=O) groups is 1. The second-order valence-corrected chi connectivity index (χ2v) is 3.18. The molecule has 4 N–H and O–H groups in total. The van der Waals surface area contributed by atoms with Crippen molar-refractivity contribution < 1.29 is 4.79 Å². The summed E-state index contributed by atoms with van der Waals surface area (Å²) >= 11 is 0. The highest BCUT2D eigenvalue weighted by Crippen LogP contribution is 2.11. The van der Waals surface area contributed by atoms with Crippen molar-refractivity contribution >= 4 is 11.6 Å². The van der Waals surface area contributed by atoms with Crippen molar-refractivity contribution in [1.82, 2.24) is 10.3 Å². The fourth-order valence-corrected chi connectivity index (χ4v) is 1.18. The highest BCUT2D eigenvalue weighted by atomic mass is 16.1. The van der Waals surface area contributed by atoms with E-state index in [1.807, 2.05) is 0 Å². The smallest absolute Gasteiger partial charge is 0.253 e. The summed E-state index contributed by atoms with van der Waals surface area (Å²) in [6.07, 6.45) is 5.12. The first-order valence-electron chi connectivity index (χ1n) is 4.98. The Morgan fingerprint density at radius 1 is 1.60 bits per heavy atom. The van der Waals surface area contributed by atoms with Crippen LogP contribution >= 0.6 is 0 Å². The normalized spacial score (nSPS) is 9.73. The molecule has 1 heterocycles. The third-order valence-corrected chi connectivity index (χ3v) is 2.04. The van der Waals surface area contributed by atoms with E-state index < -0.39 is 0 Å². The van der Waals surface area contributed by atoms with E-state index in [0.29, 0.717) is 17.8 Å².